The second-order valence-corrected chi connectivity index (χ2v) is 4.96. The lowest BCUT2D eigenvalue weighted by Gasteiger charge is -2.25. The van der Waals surface area contributed by atoms with Gasteiger partial charge in [-0.2, -0.15) is 0 Å². The van der Waals surface area contributed by atoms with E-state index in [1.807, 2.05) is 36.4 Å². The van der Waals surface area contributed by atoms with E-state index in [-0.39, 0.29) is 0 Å². The number of fused-ring (bicyclic) bond motifs is 1. The van der Waals surface area contributed by atoms with Crippen LogP contribution in [0.1, 0.15) is 6.42 Å². The summed E-state index contributed by atoms with van der Waals surface area (Å²) in [5.41, 5.74) is 8.78. The van der Waals surface area contributed by atoms with Gasteiger partial charge in [0.05, 0.1) is 23.7 Å². The standard InChI is InChI=1S/C15H15ClN2O/c16-11-6-7-12(17)14(10-11)18-8-3-9-19-15-5-2-1-4-13(15)18/h1-2,4-7,10H,3,8-9,17H2. The zero-order chi connectivity index (χ0) is 13.2. The maximum absolute atomic E-state index is 6.09. The summed E-state index contributed by atoms with van der Waals surface area (Å²) >= 11 is 6.09. The Labute approximate surface area is 117 Å². The van der Waals surface area contributed by atoms with Gasteiger partial charge >= 0.3 is 0 Å². The molecule has 0 spiro atoms. The summed E-state index contributed by atoms with van der Waals surface area (Å²) in [7, 11) is 0. The van der Waals surface area contributed by atoms with Crippen LogP contribution in [0.15, 0.2) is 42.5 Å². The molecule has 1 aliphatic heterocycles. The number of halogens is 1. The van der Waals surface area contributed by atoms with Gasteiger partial charge in [-0.25, -0.2) is 0 Å². The number of hydrogen-bond acceptors (Lipinski definition) is 3. The molecule has 2 aromatic carbocycles. The molecule has 3 nitrogen and oxygen atoms in total. The van der Waals surface area contributed by atoms with Gasteiger partial charge in [0.2, 0.25) is 0 Å². The molecular formula is C15H15ClN2O. The van der Waals surface area contributed by atoms with Crippen LogP contribution >= 0.6 is 11.6 Å². The van der Waals surface area contributed by atoms with E-state index in [0.717, 1.165) is 35.8 Å². The van der Waals surface area contributed by atoms with E-state index in [1.54, 1.807) is 6.07 Å². The average molecular weight is 275 g/mol. The Morgan fingerprint density at radius 3 is 2.84 bits per heavy atom. The van der Waals surface area contributed by atoms with E-state index in [9.17, 15) is 0 Å². The van der Waals surface area contributed by atoms with Gasteiger partial charge in [-0.15, -0.1) is 0 Å². The number of hydrogen-bond donors (Lipinski definition) is 1. The van der Waals surface area contributed by atoms with Crippen molar-refractivity contribution in [1.29, 1.82) is 0 Å². The first-order valence-electron chi connectivity index (χ1n) is 6.30. The third-order valence-corrected chi connectivity index (χ3v) is 3.46. The molecule has 0 atom stereocenters. The van der Waals surface area contributed by atoms with Gasteiger partial charge in [0.25, 0.3) is 0 Å². The Morgan fingerprint density at radius 2 is 1.95 bits per heavy atom. The lowest BCUT2D eigenvalue weighted by molar-refractivity contribution is 0.322. The second-order valence-electron chi connectivity index (χ2n) is 4.52. The normalized spacial score (nSPS) is 14.5. The molecule has 0 aromatic heterocycles. The van der Waals surface area contributed by atoms with Gasteiger partial charge in [0, 0.05) is 11.6 Å². The van der Waals surface area contributed by atoms with Crippen LogP contribution in [-0.4, -0.2) is 13.2 Å². The zero-order valence-electron chi connectivity index (χ0n) is 10.5. The quantitative estimate of drug-likeness (QED) is 0.803. The molecule has 98 valence electrons. The highest BCUT2D eigenvalue weighted by Gasteiger charge is 2.19. The summed E-state index contributed by atoms with van der Waals surface area (Å²) in [6.07, 6.45) is 0.945. The van der Waals surface area contributed by atoms with Crippen LogP contribution in [-0.2, 0) is 0 Å². The predicted octanol–water partition coefficient (Wildman–Crippen LogP) is 3.84. The van der Waals surface area contributed by atoms with Crippen molar-refractivity contribution in [1.82, 2.24) is 0 Å². The third-order valence-electron chi connectivity index (χ3n) is 3.22. The topological polar surface area (TPSA) is 38.5 Å². The lowest BCUT2D eigenvalue weighted by atomic mass is 10.2. The fourth-order valence-electron chi connectivity index (χ4n) is 2.33. The van der Waals surface area contributed by atoms with Crippen molar-refractivity contribution in [2.45, 2.75) is 6.42 Å². The molecule has 19 heavy (non-hydrogen) atoms. The van der Waals surface area contributed by atoms with Gasteiger partial charge in [-0.05, 0) is 36.8 Å². The van der Waals surface area contributed by atoms with Crippen LogP contribution in [0.5, 0.6) is 5.75 Å². The van der Waals surface area contributed by atoms with Crippen LogP contribution in [0.3, 0.4) is 0 Å². The van der Waals surface area contributed by atoms with Crippen LogP contribution in [0.25, 0.3) is 0 Å². The molecule has 3 rings (SSSR count). The Balaban J connectivity index is 2.11. The van der Waals surface area contributed by atoms with Gasteiger partial charge in [-0.3, -0.25) is 0 Å². The molecule has 2 aromatic rings. The molecule has 0 saturated heterocycles. The van der Waals surface area contributed by atoms with E-state index in [4.69, 9.17) is 22.1 Å². The fourth-order valence-corrected chi connectivity index (χ4v) is 2.49. The zero-order valence-corrected chi connectivity index (χ0v) is 11.2. The van der Waals surface area contributed by atoms with Crippen LogP contribution in [0, 0.1) is 0 Å². The van der Waals surface area contributed by atoms with E-state index < -0.39 is 0 Å². The minimum atomic E-state index is 0.687. The predicted molar refractivity (Wildman–Crippen MR) is 79.4 cm³/mol. The maximum atomic E-state index is 6.09. The summed E-state index contributed by atoms with van der Waals surface area (Å²) in [4.78, 5) is 2.17. The van der Waals surface area contributed by atoms with E-state index in [2.05, 4.69) is 4.90 Å². The van der Waals surface area contributed by atoms with Crippen molar-refractivity contribution < 1.29 is 4.74 Å². The minimum absolute atomic E-state index is 0.687. The van der Waals surface area contributed by atoms with E-state index >= 15 is 0 Å². The van der Waals surface area contributed by atoms with Crippen molar-refractivity contribution in [2.24, 2.45) is 0 Å². The molecule has 4 heteroatoms. The second kappa shape index (κ2) is 5.02. The van der Waals surface area contributed by atoms with Gasteiger partial charge < -0.3 is 15.4 Å². The largest absolute Gasteiger partial charge is 0.491 e. The molecule has 0 unspecified atom stereocenters. The minimum Gasteiger partial charge on any atom is -0.491 e. The van der Waals surface area contributed by atoms with Gasteiger partial charge in [0.1, 0.15) is 5.75 Å². The number of ether oxygens (including phenoxy) is 1. The lowest BCUT2D eigenvalue weighted by Crippen LogP contribution is -2.18. The van der Waals surface area contributed by atoms with Crippen molar-refractivity contribution in [2.75, 3.05) is 23.8 Å². The summed E-state index contributed by atoms with van der Waals surface area (Å²) in [6.45, 7) is 1.58. The van der Waals surface area contributed by atoms with Crippen molar-refractivity contribution >= 4 is 28.7 Å². The van der Waals surface area contributed by atoms with Crippen LogP contribution < -0.4 is 15.4 Å². The Hall–Kier alpha value is -1.87. The number of anilines is 3. The van der Waals surface area contributed by atoms with E-state index in [0.29, 0.717) is 11.6 Å². The smallest absolute Gasteiger partial charge is 0.142 e. The fraction of sp³-hybridized carbons (Fsp3) is 0.200. The highest BCUT2D eigenvalue weighted by atomic mass is 35.5. The van der Waals surface area contributed by atoms with Crippen molar-refractivity contribution in [3.8, 4) is 5.75 Å². The third kappa shape index (κ3) is 2.34. The molecular weight excluding hydrogens is 260 g/mol. The van der Waals surface area contributed by atoms with Crippen molar-refractivity contribution in [3.63, 3.8) is 0 Å². The number of rotatable bonds is 1. The highest BCUT2D eigenvalue weighted by molar-refractivity contribution is 6.31. The Morgan fingerprint density at radius 1 is 1.11 bits per heavy atom. The summed E-state index contributed by atoms with van der Waals surface area (Å²) < 4.78 is 5.75. The van der Waals surface area contributed by atoms with Gasteiger partial charge in [-0.1, -0.05) is 23.7 Å². The molecule has 0 aliphatic carbocycles. The Kier molecular flexibility index (Phi) is 3.22. The maximum Gasteiger partial charge on any atom is 0.142 e. The molecule has 1 aliphatic rings. The Bertz CT molecular complexity index is 600. The van der Waals surface area contributed by atoms with Crippen LogP contribution in [0.4, 0.5) is 17.1 Å². The first kappa shape index (κ1) is 12.2. The molecule has 0 bridgehead atoms. The molecule has 0 amide bonds. The first-order chi connectivity index (χ1) is 9.25. The van der Waals surface area contributed by atoms with Crippen LogP contribution in [0.2, 0.25) is 5.02 Å². The molecule has 0 fully saturated rings. The molecule has 0 radical (unpaired) electrons. The summed E-state index contributed by atoms with van der Waals surface area (Å²) in [5, 5.41) is 0.687. The molecule has 2 N–H and O–H groups in total. The first-order valence-corrected chi connectivity index (χ1v) is 6.68. The highest BCUT2D eigenvalue weighted by Crippen LogP contribution is 2.39. The summed E-state index contributed by atoms with van der Waals surface area (Å²) in [5.74, 6) is 0.888. The van der Waals surface area contributed by atoms with E-state index in [1.165, 1.54) is 0 Å². The number of benzene rings is 2. The van der Waals surface area contributed by atoms with Gasteiger partial charge in [0.15, 0.2) is 0 Å². The number of para-hydroxylation sites is 2. The van der Waals surface area contributed by atoms with Crippen molar-refractivity contribution in [3.05, 3.63) is 47.5 Å². The monoisotopic (exact) mass is 274 g/mol. The summed E-state index contributed by atoms with van der Waals surface area (Å²) in [6, 6.07) is 13.5. The average Bonchev–Trinajstić information content (AvgIpc) is 2.64. The number of nitrogens with two attached hydrogens (primary N) is 1. The number of nitrogen functional groups attached to an aromatic ring is 1. The molecule has 0 saturated carbocycles. The molecule has 1 heterocycles. The SMILES string of the molecule is Nc1ccc(Cl)cc1N1CCCOc2ccccc21. The number of nitrogens with zero attached hydrogens (tertiary/aromatic N) is 1.